The molecule has 0 saturated carbocycles. The summed E-state index contributed by atoms with van der Waals surface area (Å²) in [5.41, 5.74) is -0.180. The zero-order chi connectivity index (χ0) is 10.3. The maximum atomic E-state index is 9.75. The van der Waals surface area contributed by atoms with Crippen LogP contribution in [-0.2, 0) is 4.74 Å². The van der Waals surface area contributed by atoms with Crippen molar-refractivity contribution in [3.05, 3.63) is 0 Å². The largest absolute Gasteiger partial charge is 0.394 e. The van der Waals surface area contributed by atoms with Crippen LogP contribution in [0.25, 0.3) is 0 Å². The van der Waals surface area contributed by atoms with Gasteiger partial charge in [0.1, 0.15) is 23.7 Å². The molecule has 5 nitrogen and oxygen atoms in total. The third kappa shape index (κ3) is 1.66. The molecule has 0 aromatic rings. The molecule has 4 N–H and O–H groups in total. The number of nitrogens with one attached hydrogen (secondary N) is 1. The average molecular weight is 221 g/mol. The van der Waals surface area contributed by atoms with E-state index in [1.807, 2.05) is 6.92 Å². The van der Waals surface area contributed by atoms with Gasteiger partial charge in [-0.1, -0.05) is 0 Å². The van der Waals surface area contributed by atoms with Crippen LogP contribution in [0.3, 0.4) is 0 Å². The van der Waals surface area contributed by atoms with Crippen molar-refractivity contribution in [1.29, 1.82) is 0 Å². The second kappa shape index (κ2) is 3.96. The number of hydrogen-bond donors (Lipinski definition) is 4. The minimum Gasteiger partial charge on any atom is -0.394 e. The van der Waals surface area contributed by atoms with Crippen molar-refractivity contribution in [2.24, 2.45) is 0 Å². The number of aliphatic hydroxyl groups excluding tert-OH is 3. The molecule has 2 fully saturated rings. The highest BCUT2D eigenvalue weighted by atomic mass is 32.2. The van der Waals surface area contributed by atoms with Gasteiger partial charge in [0.2, 0.25) is 0 Å². The molecule has 6 heteroatoms. The van der Waals surface area contributed by atoms with Crippen LogP contribution in [0.15, 0.2) is 0 Å². The molecule has 0 aromatic heterocycles. The van der Waals surface area contributed by atoms with Gasteiger partial charge in [-0.25, -0.2) is 0 Å². The Bertz CT molecular complexity index is 216. The van der Waals surface area contributed by atoms with E-state index >= 15 is 0 Å². The molecule has 2 aliphatic heterocycles. The molecule has 0 bridgehead atoms. The van der Waals surface area contributed by atoms with Crippen molar-refractivity contribution in [2.45, 2.75) is 42.1 Å². The Morgan fingerprint density at radius 2 is 2.07 bits per heavy atom. The molecule has 0 aliphatic carbocycles. The van der Waals surface area contributed by atoms with Crippen molar-refractivity contribution >= 4 is 11.8 Å². The Kier molecular flexibility index (Phi) is 3.01. The molecule has 2 rings (SSSR count). The summed E-state index contributed by atoms with van der Waals surface area (Å²) in [6, 6.07) is -0.243. The zero-order valence-electron chi connectivity index (χ0n) is 7.83. The second-order valence-electron chi connectivity index (χ2n) is 3.68. The topological polar surface area (TPSA) is 82.0 Å². The maximum absolute atomic E-state index is 9.75. The lowest BCUT2D eigenvalue weighted by Gasteiger charge is -2.38. The summed E-state index contributed by atoms with van der Waals surface area (Å²) in [6.45, 7) is 1.70. The van der Waals surface area contributed by atoms with Gasteiger partial charge in [-0.2, -0.15) is 0 Å². The van der Waals surface area contributed by atoms with Gasteiger partial charge in [0.25, 0.3) is 0 Å². The molecular weight excluding hydrogens is 206 g/mol. The first-order valence-corrected chi connectivity index (χ1v) is 5.61. The number of rotatable bonds is 1. The van der Waals surface area contributed by atoms with Gasteiger partial charge in [0, 0.05) is 0 Å². The van der Waals surface area contributed by atoms with E-state index in [4.69, 9.17) is 9.84 Å². The highest BCUT2D eigenvalue weighted by Crippen LogP contribution is 2.35. The summed E-state index contributed by atoms with van der Waals surface area (Å²) in [4.78, 5) is 0. The van der Waals surface area contributed by atoms with E-state index < -0.39 is 18.3 Å². The van der Waals surface area contributed by atoms with Crippen molar-refractivity contribution in [3.8, 4) is 0 Å². The molecule has 6 atom stereocenters. The minimum atomic E-state index is -1.01. The summed E-state index contributed by atoms with van der Waals surface area (Å²) in [5, 5.41) is 31.6. The Labute approximate surface area is 86.5 Å². The average Bonchev–Trinajstić information content (AvgIpc) is 2.52. The molecule has 0 aromatic carbocycles. The van der Waals surface area contributed by atoms with Crippen molar-refractivity contribution in [2.75, 3.05) is 6.61 Å². The quantitative estimate of drug-likeness (QED) is 0.430. The summed E-state index contributed by atoms with van der Waals surface area (Å²) in [7, 11) is 0. The zero-order valence-corrected chi connectivity index (χ0v) is 8.65. The Hall–Kier alpha value is 0.150. The molecule has 2 unspecified atom stereocenters. The van der Waals surface area contributed by atoms with Crippen LogP contribution in [0.1, 0.15) is 6.92 Å². The highest BCUT2D eigenvalue weighted by molar-refractivity contribution is 8.00. The molecule has 2 saturated heterocycles. The smallest absolute Gasteiger partial charge is 0.123 e. The first-order valence-electron chi connectivity index (χ1n) is 4.67. The number of ether oxygens (including phenoxy) is 1. The van der Waals surface area contributed by atoms with Gasteiger partial charge in [-0.05, 0) is 6.92 Å². The van der Waals surface area contributed by atoms with Crippen LogP contribution in [0.5, 0.6) is 0 Å². The number of fused-ring (bicyclic) bond motifs is 1. The summed E-state index contributed by atoms with van der Waals surface area (Å²) in [5.74, 6) is 0. The third-order valence-corrected chi connectivity index (χ3v) is 3.86. The predicted octanol–water partition coefficient (Wildman–Crippen LogP) is -1.52. The Morgan fingerprint density at radius 3 is 2.71 bits per heavy atom. The van der Waals surface area contributed by atoms with Gasteiger partial charge >= 0.3 is 0 Å². The van der Waals surface area contributed by atoms with E-state index in [1.54, 1.807) is 11.8 Å². The molecule has 0 radical (unpaired) electrons. The fourth-order valence-corrected chi connectivity index (χ4v) is 3.14. The van der Waals surface area contributed by atoms with Gasteiger partial charge < -0.3 is 20.1 Å². The molecule has 0 spiro atoms. The third-order valence-electron chi connectivity index (χ3n) is 2.65. The van der Waals surface area contributed by atoms with E-state index in [1.165, 1.54) is 0 Å². The maximum Gasteiger partial charge on any atom is 0.123 e. The fourth-order valence-electron chi connectivity index (χ4n) is 1.89. The molecule has 0 amide bonds. The van der Waals surface area contributed by atoms with Gasteiger partial charge in [0.15, 0.2) is 0 Å². The SMILES string of the molecule is C[C@@H]1NC2C(O[C@H](CO)[C@@H](O)[C@@H]2O)S1. The van der Waals surface area contributed by atoms with Gasteiger partial charge in [-0.15, -0.1) is 11.8 Å². The van der Waals surface area contributed by atoms with E-state index in [-0.39, 0.29) is 23.5 Å². The lowest BCUT2D eigenvalue weighted by Crippen LogP contribution is -2.59. The number of hydrogen-bond acceptors (Lipinski definition) is 6. The Balaban J connectivity index is 2.09. The van der Waals surface area contributed by atoms with Crippen LogP contribution < -0.4 is 5.32 Å². The van der Waals surface area contributed by atoms with E-state index in [0.29, 0.717) is 0 Å². The van der Waals surface area contributed by atoms with Crippen LogP contribution in [0.4, 0.5) is 0 Å². The van der Waals surface area contributed by atoms with Crippen molar-refractivity contribution in [1.82, 2.24) is 5.32 Å². The van der Waals surface area contributed by atoms with E-state index in [9.17, 15) is 10.2 Å². The van der Waals surface area contributed by atoms with Crippen LogP contribution in [0.2, 0.25) is 0 Å². The van der Waals surface area contributed by atoms with Crippen LogP contribution in [-0.4, -0.2) is 57.1 Å². The molecule has 2 aliphatic rings. The second-order valence-corrected chi connectivity index (χ2v) is 5.12. The molecule has 82 valence electrons. The van der Waals surface area contributed by atoms with E-state index in [2.05, 4.69) is 5.32 Å². The van der Waals surface area contributed by atoms with Gasteiger partial charge in [-0.3, -0.25) is 5.32 Å². The molecular formula is C8H15NO4S. The normalized spacial score (nSPS) is 53.1. The first kappa shape index (κ1) is 10.7. The minimum absolute atomic E-state index is 0.180. The summed E-state index contributed by atoms with van der Waals surface area (Å²) in [6.07, 6.45) is -2.56. The Morgan fingerprint density at radius 1 is 1.36 bits per heavy atom. The summed E-state index contributed by atoms with van der Waals surface area (Å²) >= 11 is 1.56. The highest BCUT2D eigenvalue weighted by Gasteiger charge is 2.48. The predicted molar refractivity (Wildman–Crippen MR) is 51.7 cm³/mol. The van der Waals surface area contributed by atoms with E-state index in [0.717, 1.165) is 0 Å². The molecule has 2 heterocycles. The van der Waals surface area contributed by atoms with Crippen molar-refractivity contribution < 1.29 is 20.1 Å². The fraction of sp³-hybridized carbons (Fsp3) is 1.00. The lowest BCUT2D eigenvalue weighted by atomic mass is 9.98. The van der Waals surface area contributed by atoms with Crippen LogP contribution in [0, 0.1) is 0 Å². The summed E-state index contributed by atoms with van der Waals surface area (Å²) < 4.78 is 5.45. The number of aliphatic hydroxyl groups is 3. The first-order chi connectivity index (χ1) is 6.63. The van der Waals surface area contributed by atoms with Crippen LogP contribution >= 0.6 is 11.8 Å². The molecule has 14 heavy (non-hydrogen) atoms. The monoisotopic (exact) mass is 221 g/mol. The lowest BCUT2D eigenvalue weighted by molar-refractivity contribution is -0.168. The standard InChI is InChI=1S/C8H15NO4S/c1-3-9-5-7(12)6(11)4(2-10)13-8(5)14-3/h3-12H,2H2,1H3/t3-,4-,5?,6-,7-,8?/m1/s1. The van der Waals surface area contributed by atoms with Gasteiger partial charge in [0.05, 0.1) is 18.0 Å². The van der Waals surface area contributed by atoms with Crippen molar-refractivity contribution in [3.63, 3.8) is 0 Å². The number of thioether (sulfide) groups is 1.